The predicted molar refractivity (Wildman–Crippen MR) is 74.8 cm³/mol. The molecule has 5 heteroatoms. The average molecular weight is 277 g/mol. The average Bonchev–Trinajstić information content (AvgIpc) is 2.83. The highest BCUT2D eigenvalue weighted by Gasteiger charge is 2.00. The number of pyridine rings is 1. The topological polar surface area (TPSA) is 50.2 Å². The van der Waals surface area contributed by atoms with Crippen molar-refractivity contribution in [2.75, 3.05) is 0 Å². The van der Waals surface area contributed by atoms with Gasteiger partial charge in [0.05, 0.1) is 0 Å². The highest BCUT2D eigenvalue weighted by atomic mass is 32.2. The molecule has 0 aliphatic carbocycles. The molecule has 0 aliphatic rings. The van der Waals surface area contributed by atoms with Gasteiger partial charge in [0.25, 0.3) is 0 Å². The predicted octanol–water partition coefficient (Wildman–Crippen LogP) is 3.53. The summed E-state index contributed by atoms with van der Waals surface area (Å²) in [5, 5.41) is 8.54. The van der Waals surface area contributed by atoms with E-state index < -0.39 is 5.97 Å². The van der Waals surface area contributed by atoms with Gasteiger partial charge < -0.3 is 5.11 Å². The Bertz CT molecular complexity index is 549. The molecule has 2 heterocycles. The Morgan fingerprint density at radius 2 is 2.11 bits per heavy atom. The maximum Gasteiger partial charge on any atom is 0.328 e. The highest BCUT2D eigenvalue weighted by molar-refractivity contribution is 7.98. The van der Waals surface area contributed by atoms with Gasteiger partial charge in [0, 0.05) is 38.9 Å². The van der Waals surface area contributed by atoms with Gasteiger partial charge >= 0.3 is 5.97 Å². The van der Waals surface area contributed by atoms with Crippen molar-refractivity contribution in [1.29, 1.82) is 0 Å². The summed E-state index contributed by atoms with van der Waals surface area (Å²) in [4.78, 5) is 17.7. The molecule has 0 bridgehead atoms. The first-order valence-electron chi connectivity index (χ1n) is 5.26. The van der Waals surface area contributed by atoms with E-state index in [2.05, 4.69) is 4.98 Å². The number of hydrogen-bond acceptors (Lipinski definition) is 4. The molecule has 0 atom stereocenters. The van der Waals surface area contributed by atoms with Crippen LogP contribution in [0.4, 0.5) is 0 Å². The number of rotatable bonds is 5. The zero-order chi connectivity index (χ0) is 12.8. The van der Waals surface area contributed by atoms with Gasteiger partial charge in [0.1, 0.15) is 0 Å². The van der Waals surface area contributed by atoms with E-state index >= 15 is 0 Å². The van der Waals surface area contributed by atoms with Crippen LogP contribution in [0.1, 0.15) is 9.75 Å². The number of thioether (sulfide) groups is 1. The maximum atomic E-state index is 10.4. The Labute approximate surface area is 113 Å². The summed E-state index contributed by atoms with van der Waals surface area (Å²) in [5.74, 6) is -0.0358. The summed E-state index contributed by atoms with van der Waals surface area (Å²) >= 11 is 3.35. The molecule has 0 amide bonds. The van der Waals surface area contributed by atoms with E-state index in [-0.39, 0.29) is 0 Å². The Morgan fingerprint density at radius 1 is 1.33 bits per heavy atom. The Kier molecular flexibility index (Phi) is 4.55. The van der Waals surface area contributed by atoms with E-state index in [4.69, 9.17) is 5.11 Å². The van der Waals surface area contributed by atoms with E-state index in [9.17, 15) is 4.79 Å². The molecular formula is C13H11NO2S2. The van der Waals surface area contributed by atoms with Crippen molar-refractivity contribution < 1.29 is 9.90 Å². The van der Waals surface area contributed by atoms with Crippen molar-refractivity contribution in [2.45, 2.75) is 10.6 Å². The molecule has 0 spiro atoms. The van der Waals surface area contributed by atoms with Crippen LogP contribution < -0.4 is 0 Å². The first-order chi connectivity index (χ1) is 8.74. The van der Waals surface area contributed by atoms with Crippen LogP contribution in [-0.4, -0.2) is 16.1 Å². The number of carboxylic acids is 1. The van der Waals surface area contributed by atoms with Crippen molar-refractivity contribution in [2.24, 2.45) is 0 Å². The molecule has 0 saturated carbocycles. The third kappa shape index (κ3) is 4.01. The van der Waals surface area contributed by atoms with Crippen molar-refractivity contribution >= 4 is 35.1 Å². The van der Waals surface area contributed by atoms with Gasteiger partial charge in [-0.3, -0.25) is 4.98 Å². The molecule has 18 heavy (non-hydrogen) atoms. The lowest BCUT2D eigenvalue weighted by atomic mass is 10.4. The van der Waals surface area contributed by atoms with Crippen LogP contribution in [0.3, 0.4) is 0 Å². The second-order valence-corrected chi connectivity index (χ2v) is 5.70. The second kappa shape index (κ2) is 6.37. The van der Waals surface area contributed by atoms with Crippen LogP contribution >= 0.6 is 23.1 Å². The molecule has 0 unspecified atom stereocenters. The Morgan fingerprint density at radius 3 is 2.83 bits per heavy atom. The smallest absolute Gasteiger partial charge is 0.328 e. The van der Waals surface area contributed by atoms with Gasteiger partial charge in [-0.2, -0.15) is 0 Å². The number of hydrogen-bond donors (Lipinski definition) is 1. The lowest BCUT2D eigenvalue weighted by molar-refractivity contribution is -0.131. The first-order valence-corrected chi connectivity index (χ1v) is 7.07. The highest BCUT2D eigenvalue weighted by Crippen LogP contribution is 2.26. The van der Waals surface area contributed by atoms with Crippen molar-refractivity contribution in [3.63, 3.8) is 0 Å². The minimum absolute atomic E-state index is 0.885. The molecule has 0 saturated heterocycles. The number of aliphatic carboxylic acids is 1. The third-order valence-corrected chi connectivity index (χ3v) is 4.40. The number of nitrogens with zero attached hydrogens (tertiary/aromatic N) is 1. The Hall–Kier alpha value is -1.59. The molecular weight excluding hydrogens is 266 g/mol. The molecule has 1 N–H and O–H groups in total. The molecule has 92 valence electrons. The number of thiophene rings is 1. The molecule has 0 aliphatic heterocycles. The molecule has 0 aromatic carbocycles. The zero-order valence-corrected chi connectivity index (χ0v) is 11.1. The quantitative estimate of drug-likeness (QED) is 0.671. The fourth-order valence-electron chi connectivity index (χ4n) is 1.30. The SMILES string of the molecule is O=C(O)C=Cc1ccc(CSc2ccncc2)s1. The summed E-state index contributed by atoms with van der Waals surface area (Å²) < 4.78 is 0. The molecule has 2 rings (SSSR count). The summed E-state index contributed by atoms with van der Waals surface area (Å²) in [6.07, 6.45) is 6.33. The molecule has 0 fully saturated rings. The monoisotopic (exact) mass is 277 g/mol. The van der Waals surface area contributed by atoms with Crippen LogP contribution in [0, 0.1) is 0 Å². The van der Waals surface area contributed by atoms with Gasteiger partial charge in [-0.1, -0.05) is 0 Å². The number of aromatic nitrogens is 1. The van der Waals surface area contributed by atoms with Gasteiger partial charge in [-0.05, 0) is 30.3 Å². The fraction of sp³-hybridized carbons (Fsp3) is 0.0769. The van der Waals surface area contributed by atoms with Crippen molar-refractivity contribution in [1.82, 2.24) is 4.98 Å². The third-order valence-electron chi connectivity index (χ3n) is 2.10. The van der Waals surface area contributed by atoms with E-state index in [0.29, 0.717) is 0 Å². The molecule has 2 aromatic rings. The lowest BCUT2D eigenvalue weighted by Crippen LogP contribution is -1.84. The van der Waals surface area contributed by atoms with Gasteiger partial charge in [-0.25, -0.2) is 4.79 Å². The van der Waals surface area contributed by atoms with Gasteiger partial charge in [-0.15, -0.1) is 23.1 Å². The molecule has 0 radical (unpaired) electrons. The van der Waals surface area contributed by atoms with E-state index in [0.717, 1.165) is 16.7 Å². The fourth-order valence-corrected chi connectivity index (χ4v) is 3.15. The summed E-state index contributed by atoms with van der Waals surface area (Å²) in [7, 11) is 0. The standard InChI is InChI=1S/C13H11NO2S2/c15-13(16)4-3-11-1-2-12(18-11)9-17-10-5-7-14-8-6-10/h1-8H,9H2,(H,15,16). The van der Waals surface area contributed by atoms with E-state index in [1.807, 2.05) is 24.3 Å². The molecule has 3 nitrogen and oxygen atoms in total. The van der Waals surface area contributed by atoms with E-state index in [1.165, 1.54) is 9.77 Å². The minimum Gasteiger partial charge on any atom is -0.478 e. The number of carbonyl (C=O) groups is 1. The minimum atomic E-state index is -0.920. The van der Waals surface area contributed by atoms with E-state index in [1.54, 1.807) is 41.6 Å². The molecule has 2 aromatic heterocycles. The summed E-state index contributed by atoms with van der Waals surface area (Å²) in [6.45, 7) is 0. The van der Waals surface area contributed by atoms with Crippen LogP contribution in [0.2, 0.25) is 0 Å². The largest absolute Gasteiger partial charge is 0.478 e. The van der Waals surface area contributed by atoms with Crippen molar-refractivity contribution in [3.8, 4) is 0 Å². The van der Waals surface area contributed by atoms with Crippen LogP contribution in [0.15, 0.2) is 47.6 Å². The van der Waals surface area contributed by atoms with Gasteiger partial charge in [0.2, 0.25) is 0 Å². The number of carboxylic acid groups (broad SMARTS) is 1. The zero-order valence-electron chi connectivity index (χ0n) is 9.45. The van der Waals surface area contributed by atoms with Crippen LogP contribution in [-0.2, 0) is 10.5 Å². The lowest BCUT2D eigenvalue weighted by Gasteiger charge is -1.97. The summed E-state index contributed by atoms with van der Waals surface area (Å²) in [5.41, 5.74) is 0. The maximum absolute atomic E-state index is 10.4. The van der Waals surface area contributed by atoms with Crippen molar-refractivity contribution in [3.05, 3.63) is 52.5 Å². The van der Waals surface area contributed by atoms with Crippen LogP contribution in [0.5, 0.6) is 0 Å². The van der Waals surface area contributed by atoms with Gasteiger partial charge in [0.15, 0.2) is 0 Å². The Balaban J connectivity index is 1.93. The van der Waals surface area contributed by atoms with Crippen LogP contribution in [0.25, 0.3) is 6.08 Å². The summed E-state index contributed by atoms with van der Waals surface area (Å²) in [6, 6.07) is 7.92. The first kappa shape index (κ1) is 12.9. The second-order valence-electron chi connectivity index (χ2n) is 3.45. The normalized spacial score (nSPS) is 10.9.